The number of methoxy groups -OCH3 is 2. The molecule has 3 rings (SSSR count). The van der Waals surface area contributed by atoms with Crippen LogP contribution in [0.3, 0.4) is 0 Å². The van der Waals surface area contributed by atoms with Crippen LogP contribution in [0.1, 0.15) is 6.42 Å². The minimum absolute atomic E-state index is 0.217. The molecule has 3 aromatic rings. The number of pyridine rings is 1. The predicted octanol–water partition coefficient (Wildman–Crippen LogP) is 4.71. The number of rotatable bonds is 5. The number of ether oxygens (including phenoxy) is 2. The van der Waals surface area contributed by atoms with Gasteiger partial charge in [-0.05, 0) is 30.3 Å². The van der Waals surface area contributed by atoms with Crippen LogP contribution in [0.25, 0.3) is 21.8 Å². The average Bonchev–Trinajstić information content (AvgIpc) is 2.60. The van der Waals surface area contributed by atoms with Gasteiger partial charge in [-0.1, -0.05) is 17.7 Å². The molecule has 0 unspecified atom stereocenters. The van der Waals surface area contributed by atoms with E-state index in [2.05, 4.69) is 4.98 Å². The van der Waals surface area contributed by atoms with Crippen LogP contribution in [0.2, 0.25) is 5.02 Å². The molecular weight excluding hydrogens is 346 g/mol. The quantitative estimate of drug-likeness (QED) is 0.374. The van der Waals surface area contributed by atoms with Crippen molar-refractivity contribution < 1.29 is 14.3 Å². The number of nitrogens with zero attached hydrogens (tertiary/aromatic N) is 1. The van der Waals surface area contributed by atoms with Crippen molar-refractivity contribution in [2.24, 2.45) is 0 Å². The largest absolute Gasteiger partial charge is 0.497 e. The SMILES string of the molecule is COC(=O)CCSc1c2ccc(Cl)cc2nc2ccc(OC)cc12. The van der Waals surface area contributed by atoms with Gasteiger partial charge in [0, 0.05) is 26.4 Å². The van der Waals surface area contributed by atoms with Gasteiger partial charge in [-0.15, -0.1) is 11.8 Å². The molecular formula is C18H16ClNO3S. The maximum Gasteiger partial charge on any atom is 0.306 e. The Morgan fingerprint density at radius 2 is 1.96 bits per heavy atom. The fourth-order valence-electron chi connectivity index (χ4n) is 2.48. The van der Waals surface area contributed by atoms with E-state index in [9.17, 15) is 4.79 Å². The number of halogens is 1. The maximum absolute atomic E-state index is 11.4. The topological polar surface area (TPSA) is 48.4 Å². The lowest BCUT2D eigenvalue weighted by molar-refractivity contribution is -0.140. The van der Waals surface area contributed by atoms with E-state index in [4.69, 9.17) is 21.1 Å². The van der Waals surface area contributed by atoms with Gasteiger partial charge in [-0.2, -0.15) is 0 Å². The minimum atomic E-state index is -0.217. The van der Waals surface area contributed by atoms with Gasteiger partial charge in [-0.25, -0.2) is 4.98 Å². The summed E-state index contributed by atoms with van der Waals surface area (Å²) in [6, 6.07) is 11.4. The van der Waals surface area contributed by atoms with E-state index in [0.29, 0.717) is 17.2 Å². The summed E-state index contributed by atoms with van der Waals surface area (Å²) in [7, 11) is 3.04. The third-order valence-electron chi connectivity index (χ3n) is 3.67. The smallest absolute Gasteiger partial charge is 0.306 e. The van der Waals surface area contributed by atoms with Crippen molar-refractivity contribution in [3.05, 3.63) is 41.4 Å². The number of hydrogen-bond acceptors (Lipinski definition) is 5. The summed E-state index contributed by atoms with van der Waals surface area (Å²) < 4.78 is 10.0. The van der Waals surface area contributed by atoms with Crippen molar-refractivity contribution in [2.75, 3.05) is 20.0 Å². The number of thioether (sulfide) groups is 1. The first-order valence-electron chi connectivity index (χ1n) is 7.39. The molecule has 0 aliphatic heterocycles. The molecule has 0 radical (unpaired) electrons. The Balaban J connectivity index is 2.13. The fourth-order valence-corrected chi connectivity index (χ4v) is 3.77. The van der Waals surface area contributed by atoms with Crippen LogP contribution in [-0.4, -0.2) is 30.9 Å². The van der Waals surface area contributed by atoms with Gasteiger partial charge in [-0.3, -0.25) is 4.79 Å². The van der Waals surface area contributed by atoms with E-state index < -0.39 is 0 Å². The van der Waals surface area contributed by atoms with Gasteiger partial charge >= 0.3 is 5.97 Å². The van der Waals surface area contributed by atoms with Gasteiger partial charge in [0.2, 0.25) is 0 Å². The van der Waals surface area contributed by atoms with Crippen molar-refractivity contribution in [1.82, 2.24) is 4.98 Å². The molecule has 24 heavy (non-hydrogen) atoms. The molecule has 0 aliphatic carbocycles. The second-order valence-electron chi connectivity index (χ2n) is 5.16. The van der Waals surface area contributed by atoms with Crippen LogP contribution in [0, 0.1) is 0 Å². The molecule has 0 bridgehead atoms. The highest BCUT2D eigenvalue weighted by Crippen LogP contribution is 2.36. The molecule has 0 fully saturated rings. The zero-order valence-electron chi connectivity index (χ0n) is 13.3. The third kappa shape index (κ3) is 3.42. The Morgan fingerprint density at radius 1 is 1.12 bits per heavy atom. The second-order valence-corrected chi connectivity index (χ2v) is 6.70. The summed E-state index contributed by atoms with van der Waals surface area (Å²) in [5, 5.41) is 2.66. The fraction of sp³-hybridized carbons (Fsp3) is 0.222. The normalized spacial score (nSPS) is 11.0. The standard InChI is InChI=1S/C18H16ClNO3S/c1-22-12-4-6-15-14(10-12)18(24-8-7-17(21)23-2)13-5-3-11(19)9-16(13)20-15/h3-6,9-10H,7-8H2,1-2H3. The minimum Gasteiger partial charge on any atom is -0.497 e. The van der Waals surface area contributed by atoms with Crippen molar-refractivity contribution in [3.8, 4) is 5.75 Å². The number of esters is 1. The predicted molar refractivity (Wildman–Crippen MR) is 98.2 cm³/mol. The van der Waals surface area contributed by atoms with E-state index >= 15 is 0 Å². The van der Waals surface area contributed by atoms with Gasteiger partial charge < -0.3 is 9.47 Å². The number of benzene rings is 2. The Bertz CT molecular complexity index is 914. The first kappa shape index (κ1) is 16.9. The first-order valence-corrected chi connectivity index (χ1v) is 8.75. The van der Waals surface area contributed by atoms with E-state index in [0.717, 1.165) is 32.5 Å². The zero-order chi connectivity index (χ0) is 17.1. The lowest BCUT2D eigenvalue weighted by Gasteiger charge is -2.12. The van der Waals surface area contributed by atoms with Gasteiger partial charge in [0.15, 0.2) is 0 Å². The van der Waals surface area contributed by atoms with Crippen molar-refractivity contribution >= 4 is 51.1 Å². The summed E-state index contributed by atoms with van der Waals surface area (Å²) >= 11 is 7.72. The monoisotopic (exact) mass is 361 g/mol. The van der Waals surface area contributed by atoms with E-state index in [1.807, 2.05) is 36.4 Å². The lowest BCUT2D eigenvalue weighted by Crippen LogP contribution is -2.01. The average molecular weight is 362 g/mol. The third-order valence-corrected chi connectivity index (χ3v) is 5.05. The Kier molecular flexibility index (Phi) is 5.11. The summed E-state index contributed by atoms with van der Waals surface area (Å²) in [5.74, 6) is 1.18. The zero-order valence-corrected chi connectivity index (χ0v) is 14.9. The van der Waals surface area contributed by atoms with Crippen LogP contribution < -0.4 is 4.74 Å². The molecule has 1 aromatic heterocycles. The van der Waals surface area contributed by atoms with Crippen LogP contribution in [0.4, 0.5) is 0 Å². The molecule has 6 heteroatoms. The van der Waals surface area contributed by atoms with Gasteiger partial charge in [0.25, 0.3) is 0 Å². The summed E-state index contributed by atoms with van der Waals surface area (Å²) in [6.07, 6.45) is 0.351. The molecule has 0 N–H and O–H groups in total. The molecule has 4 nitrogen and oxygen atoms in total. The number of aromatic nitrogens is 1. The first-order chi connectivity index (χ1) is 11.6. The molecule has 2 aromatic carbocycles. The maximum atomic E-state index is 11.4. The molecule has 0 spiro atoms. The van der Waals surface area contributed by atoms with E-state index in [1.165, 1.54) is 7.11 Å². The second kappa shape index (κ2) is 7.28. The molecule has 0 aliphatic rings. The summed E-state index contributed by atoms with van der Waals surface area (Å²) in [6.45, 7) is 0. The summed E-state index contributed by atoms with van der Waals surface area (Å²) in [5.41, 5.74) is 1.70. The van der Waals surface area contributed by atoms with Gasteiger partial charge in [0.1, 0.15) is 5.75 Å². The molecule has 0 saturated heterocycles. The highest BCUT2D eigenvalue weighted by atomic mass is 35.5. The Morgan fingerprint density at radius 3 is 2.71 bits per heavy atom. The Labute approximate surface area is 149 Å². The van der Waals surface area contributed by atoms with Crippen LogP contribution in [0.5, 0.6) is 5.75 Å². The van der Waals surface area contributed by atoms with Crippen LogP contribution in [-0.2, 0) is 9.53 Å². The number of fused-ring (bicyclic) bond motifs is 2. The van der Waals surface area contributed by atoms with Gasteiger partial charge in [0.05, 0.1) is 31.7 Å². The van der Waals surface area contributed by atoms with E-state index in [1.54, 1.807) is 18.9 Å². The van der Waals surface area contributed by atoms with Crippen LogP contribution >= 0.6 is 23.4 Å². The molecule has 0 amide bonds. The highest BCUT2D eigenvalue weighted by molar-refractivity contribution is 7.99. The van der Waals surface area contributed by atoms with Crippen molar-refractivity contribution in [3.63, 3.8) is 0 Å². The number of hydrogen-bond donors (Lipinski definition) is 0. The lowest BCUT2D eigenvalue weighted by atomic mass is 10.1. The highest BCUT2D eigenvalue weighted by Gasteiger charge is 2.12. The Hall–Kier alpha value is -1.98. The summed E-state index contributed by atoms with van der Waals surface area (Å²) in [4.78, 5) is 17.1. The number of carbonyl (C=O) groups excluding carboxylic acids is 1. The molecule has 1 heterocycles. The molecule has 124 valence electrons. The van der Waals surface area contributed by atoms with Crippen LogP contribution in [0.15, 0.2) is 41.3 Å². The molecule has 0 saturated carbocycles. The van der Waals surface area contributed by atoms with Crippen molar-refractivity contribution in [2.45, 2.75) is 11.3 Å². The molecule has 0 atom stereocenters. The number of carbonyl (C=O) groups is 1. The van der Waals surface area contributed by atoms with E-state index in [-0.39, 0.29) is 5.97 Å². The van der Waals surface area contributed by atoms with Crippen molar-refractivity contribution in [1.29, 1.82) is 0 Å².